The van der Waals surface area contributed by atoms with Crippen LogP contribution >= 0.6 is 0 Å². The molecule has 1 aromatic carbocycles. The third kappa shape index (κ3) is 2.42. The Morgan fingerprint density at radius 2 is 2.10 bits per heavy atom. The number of anilines is 1. The van der Waals surface area contributed by atoms with Crippen LogP contribution in [0.2, 0.25) is 0 Å². The zero-order valence-corrected chi connectivity index (χ0v) is 12.2. The minimum atomic E-state index is 0.0258. The first kappa shape index (κ1) is 13.8. The number of benzene rings is 1. The van der Waals surface area contributed by atoms with Crippen molar-refractivity contribution in [1.82, 2.24) is 10.2 Å². The fourth-order valence-electron chi connectivity index (χ4n) is 2.70. The average Bonchev–Trinajstić information content (AvgIpc) is 3.15. The van der Waals surface area contributed by atoms with Crippen LogP contribution in [0.15, 0.2) is 18.2 Å². The lowest BCUT2D eigenvalue weighted by Gasteiger charge is -2.13. The van der Waals surface area contributed by atoms with E-state index in [4.69, 9.17) is 19.9 Å². The van der Waals surface area contributed by atoms with Crippen molar-refractivity contribution < 1.29 is 14.2 Å². The van der Waals surface area contributed by atoms with Gasteiger partial charge < -0.3 is 19.9 Å². The van der Waals surface area contributed by atoms with Gasteiger partial charge in [0.1, 0.15) is 0 Å². The highest BCUT2D eigenvalue weighted by Crippen LogP contribution is 2.40. The SMILES string of the molecule is COc1ccc(-c2c(N)n[nH]c2C2CCCO2)cc1OC. The second kappa shape index (κ2) is 5.65. The molecule has 1 aliphatic rings. The number of nitrogens with one attached hydrogen (secondary N) is 1. The maximum atomic E-state index is 6.03. The lowest BCUT2D eigenvalue weighted by molar-refractivity contribution is 0.109. The number of ether oxygens (including phenoxy) is 3. The molecule has 0 radical (unpaired) electrons. The molecule has 1 atom stereocenters. The zero-order valence-electron chi connectivity index (χ0n) is 12.2. The quantitative estimate of drug-likeness (QED) is 0.903. The number of rotatable bonds is 4. The predicted molar refractivity (Wildman–Crippen MR) is 79.5 cm³/mol. The molecule has 2 heterocycles. The molecule has 1 aliphatic heterocycles. The van der Waals surface area contributed by atoms with Crippen molar-refractivity contribution in [1.29, 1.82) is 0 Å². The van der Waals surface area contributed by atoms with Crippen LogP contribution in [-0.4, -0.2) is 31.0 Å². The molecular weight excluding hydrogens is 270 g/mol. The molecule has 2 aromatic rings. The number of hydrogen-bond donors (Lipinski definition) is 2. The van der Waals surface area contributed by atoms with Gasteiger partial charge in [-0.05, 0) is 30.5 Å². The summed E-state index contributed by atoms with van der Waals surface area (Å²) in [4.78, 5) is 0. The van der Waals surface area contributed by atoms with Gasteiger partial charge in [-0.15, -0.1) is 0 Å². The fourth-order valence-corrected chi connectivity index (χ4v) is 2.70. The molecule has 0 spiro atoms. The molecule has 6 nitrogen and oxygen atoms in total. The van der Waals surface area contributed by atoms with Gasteiger partial charge in [0.05, 0.1) is 26.0 Å². The monoisotopic (exact) mass is 289 g/mol. The van der Waals surface area contributed by atoms with Crippen molar-refractivity contribution in [2.75, 3.05) is 26.6 Å². The lowest BCUT2D eigenvalue weighted by Crippen LogP contribution is -1.99. The van der Waals surface area contributed by atoms with E-state index in [1.54, 1.807) is 14.2 Å². The van der Waals surface area contributed by atoms with Crippen LogP contribution in [0.25, 0.3) is 11.1 Å². The molecule has 6 heteroatoms. The number of nitrogens with zero attached hydrogens (tertiary/aromatic N) is 1. The van der Waals surface area contributed by atoms with Gasteiger partial charge in [0.25, 0.3) is 0 Å². The largest absolute Gasteiger partial charge is 0.493 e. The van der Waals surface area contributed by atoms with Crippen LogP contribution in [-0.2, 0) is 4.74 Å². The predicted octanol–water partition coefficient (Wildman–Crippen LogP) is 2.53. The van der Waals surface area contributed by atoms with E-state index in [-0.39, 0.29) is 6.10 Å². The third-order valence-electron chi connectivity index (χ3n) is 3.75. The number of methoxy groups -OCH3 is 2. The van der Waals surface area contributed by atoms with Gasteiger partial charge in [-0.25, -0.2) is 0 Å². The van der Waals surface area contributed by atoms with Gasteiger partial charge in [0, 0.05) is 12.2 Å². The van der Waals surface area contributed by atoms with Crippen LogP contribution in [0.4, 0.5) is 5.82 Å². The Hall–Kier alpha value is -2.21. The standard InChI is InChI=1S/C15H19N3O3/c1-19-10-6-5-9(8-12(10)20-2)13-14(17-18-15(13)16)11-4-3-7-21-11/h5-6,8,11H,3-4,7H2,1-2H3,(H3,16,17,18). The third-order valence-corrected chi connectivity index (χ3v) is 3.75. The van der Waals surface area contributed by atoms with Crippen LogP contribution in [0.3, 0.4) is 0 Å². The van der Waals surface area contributed by atoms with E-state index in [1.165, 1.54) is 0 Å². The van der Waals surface area contributed by atoms with E-state index in [1.807, 2.05) is 18.2 Å². The highest BCUT2D eigenvalue weighted by molar-refractivity contribution is 5.78. The number of H-pyrrole nitrogens is 1. The molecule has 0 bridgehead atoms. The van der Waals surface area contributed by atoms with Crippen molar-refractivity contribution in [2.24, 2.45) is 0 Å². The molecule has 3 N–H and O–H groups in total. The normalized spacial score (nSPS) is 17.9. The summed E-state index contributed by atoms with van der Waals surface area (Å²) in [7, 11) is 3.23. The average molecular weight is 289 g/mol. The van der Waals surface area contributed by atoms with E-state index in [9.17, 15) is 0 Å². The summed E-state index contributed by atoms with van der Waals surface area (Å²) >= 11 is 0. The number of aromatic amines is 1. The summed E-state index contributed by atoms with van der Waals surface area (Å²) in [5, 5.41) is 7.14. The Kier molecular flexibility index (Phi) is 3.70. The number of nitrogens with two attached hydrogens (primary N) is 1. The molecule has 3 rings (SSSR count). The van der Waals surface area contributed by atoms with Crippen molar-refractivity contribution in [3.63, 3.8) is 0 Å². The first-order valence-electron chi connectivity index (χ1n) is 6.92. The molecular formula is C15H19N3O3. The van der Waals surface area contributed by atoms with Crippen molar-refractivity contribution in [2.45, 2.75) is 18.9 Å². The van der Waals surface area contributed by atoms with Crippen LogP contribution in [0.5, 0.6) is 11.5 Å². The first-order valence-corrected chi connectivity index (χ1v) is 6.92. The number of aromatic nitrogens is 2. The van der Waals surface area contributed by atoms with Crippen LogP contribution < -0.4 is 15.2 Å². The second-order valence-corrected chi connectivity index (χ2v) is 4.97. The molecule has 1 unspecified atom stereocenters. The van der Waals surface area contributed by atoms with E-state index in [0.29, 0.717) is 17.3 Å². The minimum Gasteiger partial charge on any atom is -0.493 e. The van der Waals surface area contributed by atoms with Gasteiger partial charge in [-0.2, -0.15) is 5.10 Å². The molecule has 0 saturated carbocycles. The molecule has 21 heavy (non-hydrogen) atoms. The maximum Gasteiger partial charge on any atom is 0.161 e. The Morgan fingerprint density at radius 1 is 1.29 bits per heavy atom. The molecule has 0 aliphatic carbocycles. The van der Waals surface area contributed by atoms with Gasteiger partial charge in [-0.3, -0.25) is 5.10 Å². The van der Waals surface area contributed by atoms with Crippen molar-refractivity contribution >= 4 is 5.82 Å². The summed E-state index contributed by atoms with van der Waals surface area (Å²) < 4.78 is 16.4. The van der Waals surface area contributed by atoms with Crippen molar-refractivity contribution in [3.8, 4) is 22.6 Å². The van der Waals surface area contributed by atoms with E-state index in [2.05, 4.69) is 10.2 Å². The molecule has 0 amide bonds. The topological polar surface area (TPSA) is 82.4 Å². The second-order valence-electron chi connectivity index (χ2n) is 4.97. The van der Waals surface area contributed by atoms with Gasteiger partial charge in [-0.1, -0.05) is 6.07 Å². The molecule has 1 fully saturated rings. The zero-order chi connectivity index (χ0) is 14.8. The summed E-state index contributed by atoms with van der Waals surface area (Å²) in [5.41, 5.74) is 8.77. The van der Waals surface area contributed by atoms with E-state index < -0.39 is 0 Å². The summed E-state index contributed by atoms with van der Waals surface area (Å²) in [6.07, 6.45) is 2.05. The molecule has 1 saturated heterocycles. The summed E-state index contributed by atoms with van der Waals surface area (Å²) in [5.74, 6) is 1.81. The number of hydrogen-bond acceptors (Lipinski definition) is 5. The first-order chi connectivity index (χ1) is 10.2. The Bertz CT molecular complexity index is 633. The van der Waals surface area contributed by atoms with Crippen LogP contribution in [0.1, 0.15) is 24.6 Å². The van der Waals surface area contributed by atoms with Crippen LogP contribution in [0, 0.1) is 0 Å². The van der Waals surface area contributed by atoms with E-state index >= 15 is 0 Å². The maximum absolute atomic E-state index is 6.03. The summed E-state index contributed by atoms with van der Waals surface area (Å²) in [6.45, 7) is 0.773. The van der Waals surface area contributed by atoms with Gasteiger partial charge in [0.2, 0.25) is 0 Å². The summed E-state index contributed by atoms with van der Waals surface area (Å²) in [6, 6.07) is 5.71. The Morgan fingerprint density at radius 3 is 2.76 bits per heavy atom. The minimum absolute atomic E-state index is 0.0258. The molecule has 112 valence electrons. The molecule has 1 aromatic heterocycles. The highest BCUT2D eigenvalue weighted by Gasteiger charge is 2.25. The fraction of sp³-hybridized carbons (Fsp3) is 0.400. The highest BCUT2D eigenvalue weighted by atomic mass is 16.5. The van der Waals surface area contributed by atoms with E-state index in [0.717, 1.165) is 36.3 Å². The van der Waals surface area contributed by atoms with Gasteiger partial charge >= 0.3 is 0 Å². The van der Waals surface area contributed by atoms with Gasteiger partial charge in [0.15, 0.2) is 17.3 Å². The number of nitrogen functional groups attached to an aromatic ring is 1. The Balaban J connectivity index is 2.05. The Labute approximate surface area is 123 Å². The smallest absolute Gasteiger partial charge is 0.161 e. The lowest BCUT2D eigenvalue weighted by atomic mass is 10.0. The van der Waals surface area contributed by atoms with Crippen molar-refractivity contribution in [3.05, 3.63) is 23.9 Å².